The molecule has 5 rings (SSSR count). The summed E-state index contributed by atoms with van der Waals surface area (Å²) in [5.41, 5.74) is 1.59. The number of halogens is 1. The summed E-state index contributed by atoms with van der Waals surface area (Å²) in [6.45, 7) is 1.85. The highest BCUT2D eigenvalue weighted by Crippen LogP contribution is 2.28. The third-order valence-corrected chi connectivity index (χ3v) is 6.46. The number of nitrogens with zero attached hydrogens (tertiary/aromatic N) is 3. The van der Waals surface area contributed by atoms with Crippen LogP contribution in [0.3, 0.4) is 0 Å². The molecule has 1 unspecified atom stereocenters. The minimum absolute atomic E-state index is 0.143. The molecule has 6 nitrogen and oxygen atoms in total. The van der Waals surface area contributed by atoms with Crippen molar-refractivity contribution in [3.05, 3.63) is 109 Å². The van der Waals surface area contributed by atoms with Gasteiger partial charge in [0, 0.05) is 11.4 Å². The van der Waals surface area contributed by atoms with E-state index in [1.807, 2.05) is 84.3 Å². The van der Waals surface area contributed by atoms with Gasteiger partial charge < -0.3 is 10.1 Å². The van der Waals surface area contributed by atoms with Crippen LogP contribution in [0, 0.1) is 5.82 Å². The fourth-order valence-corrected chi connectivity index (χ4v) is 4.58. The number of benzene rings is 4. The molecule has 1 N–H and O–H groups in total. The van der Waals surface area contributed by atoms with Gasteiger partial charge in [-0.1, -0.05) is 60.3 Å². The molecule has 1 heterocycles. The molecule has 1 atom stereocenters. The average molecular weight is 499 g/mol. The Hall–Kier alpha value is -4.17. The van der Waals surface area contributed by atoms with Crippen molar-refractivity contribution >= 4 is 34.1 Å². The molecule has 0 bridgehead atoms. The Morgan fingerprint density at radius 1 is 0.944 bits per heavy atom. The van der Waals surface area contributed by atoms with Gasteiger partial charge in [-0.15, -0.1) is 10.2 Å². The monoisotopic (exact) mass is 498 g/mol. The Labute approximate surface area is 212 Å². The number of amides is 1. The molecular weight excluding hydrogens is 475 g/mol. The van der Waals surface area contributed by atoms with E-state index >= 15 is 0 Å². The van der Waals surface area contributed by atoms with Crippen LogP contribution in [0.5, 0.6) is 5.75 Å². The maximum Gasteiger partial charge on any atom is 0.234 e. The van der Waals surface area contributed by atoms with E-state index in [9.17, 15) is 9.18 Å². The maximum absolute atomic E-state index is 13.3. The first-order chi connectivity index (χ1) is 17.6. The van der Waals surface area contributed by atoms with E-state index in [4.69, 9.17) is 4.74 Å². The van der Waals surface area contributed by atoms with E-state index in [1.54, 1.807) is 12.1 Å². The van der Waals surface area contributed by atoms with E-state index < -0.39 is 6.10 Å². The van der Waals surface area contributed by atoms with Crippen LogP contribution in [0.15, 0.2) is 102 Å². The lowest BCUT2D eigenvalue weighted by Gasteiger charge is -2.16. The molecular formula is C28H23FN4O2S. The first-order valence-corrected chi connectivity index (χ1v) is 12.4. The number of hydrogen-bond acceptors (Lipinski definition) is 5. The number of para-hydroxylation sites is 1. The molecule has 0 aliphatic carbocycles. The quantitative estimate of drug-likeness (QED) is 0.250. The number of ether oxygens (including phenoxy) is 1. The van der Waals surface area contributed by atoms with Crippen LogP contribution < -0.4 is 10.1 Å². The van der Waals surface area contributed by atoms with E-state index in [0.717, 1.165) is 22.1 Å². The molecule has 36 heavy (non-hydrogen) atoms. The van der Waals surface area contributed by atoms with Gasteiger partial charge in [-0.25, -0.2) is 4.39 Å². The van der Waals surface area contributed by atoms with Gasteiger partial charge in [0.15, 0.2) is 17.1 Å². The van der Waals surface area contributed by atoms with Gasteiger partial charge >= 0.3 is 0 Å². The lowest BCUT2D eigenvalue weighted by molar-refractivity contribution is -0.113. The number of nitrogens with one attached hydrogen (secondary N) is 1. The highest BCUT2D eigenvalue weighted by molar-refractivity contribution is 7.99. The molecule has 1 amide bonds. The average Bonchev–Trinajstić information content (AvgIpc) is 3.33. The Kier molecular flexibility index (Phi) is 6.95. The molecule has 1 aromatic heterocycles. The van der Waals surface area contributed by atoms with Crippen molar-refractivity contribution in [2.75, 3.05) is 11.1 Å². The van der Waals surface area contributed by atoms with Crippen molar-refractivity contribution in [1.29, 1.82) is 0 Å². The van der Waals surface area contributed by atoms with Gasteiger partial charge in [0.1, 0.15) is 11.6 Å². The van der Waals surface area contributed by atoms with Gasteiger partial charge in [0.25, 0.3) is 0 Å². The van der Waals surface area contributed by atoms with Gasteiger partial charge in [-0.2, -0.15) is 0 Å². The Morgan fingerprint density at radius 2 is 1.67 bits per heavy atom. The molecule has 0 saturated heterocycles. The van der Waals surface area contributed by atoms with E-state index in [2.05, 4.69) is 15.5 Å². The first-order valence-electron chi connectivity index (χ1n) is 11.4. The van der Waals surface area contributed by atoms with Crippen LogP contribution in [0.1, 0.15) is 18.9 Å². The Morgan fingerprint density at radius 3 is 2.44 bits per heavy atom. The van der Waals surface area contributed by atoms with Crippen LogP contribution in [-0.4, -0.2) is 26.4 Å². The number of anilines is 1. The third-order valence-electron chi connectivity index (χ3n) is 5.53. The zero-order valence-electron chi connectivity index (χ0n) is 19.5. The van der Waals surface area contributed by atoms with Crippen LogP contribution in [0.2, 0.25) is 0 Å². The smallest absolute Gasteiger partial charge is 0.234 e. The lowest BCUT2D eigenvalue weighted by atomic mass is 10.1. The highest BCUT2D eigenvalue weighted by Gasteiger charge is 2.21. The highest BCUT2D eigenvalue weighted by atomic mass is 32.2. The topological polar surface area (TPSA) is 69.0 Å². The minimum Gasteiger partial charge on any atom is -0.483 e. The summed E-state index contributed by atoms with van der Waals surface area (Å²) in [7, 11) is 0. The summed E-state index contributed by atoms with van der Waals surface area (Å²) in [5, 5.41) is 14.4. The summed E-state index contributed by atoms with van der Waals surface area (Å²) < 4.78 is 21.1. The molecule has 5 aromatic rings. The van der Waals surface area contributed by atoms with Crippen LogP contribution in [-0.2, 0) is 4.79 Å². The summed E-state index contributed by atoms with van der Waals surface area (Å²) in [4.78, 5) is 12.7. The van der Waals surface area contributed by atoms with Crippen LogP contribution in [0.25, 0.3) is 16.5 Å². The summed E-state index contributed by atoms with van der Waals surface area (Å²) in [5.74, 6) is 0.780. The van der Waals surface area contributed by atoms with E-state index in [-0.39, 0.29) is 17.5 Å². The van der Waals surface area contributed by atoms with Crippen LogP contribution in [0.4, 0.5) is 10.1 Å². The number of fused-ring (bicyclic) bond motifs is 1. The summed E-state index contributed by atoms with van der Waals surface area (Å²) >= 11 is 1.29. The van der Waals surface area contributed by atoms with Crippen molar-refractivity contribution in [3.8, 4) is 11.4 Å². The van der Waals surface area contributed by atoms with E-state index in [0.29, 0.717) is 16.7 Å². The van der Waals surface area contributed by atoms with Gasteiger partial charge in [-0.3, -0.25) is 9.36 Å². The fraction of sp³-hybridized carbons (Fsp3) is 0.107. The van der Waals surface area contributed by atoms with Crippen molar-refractivity contribution in [2.24, 2.45) is 0 Å². The normalized spacial score (nSPS) is 11.8. The molecule has 0 spiro atoms. The predicted octanol–water partition coefficient (Wildman–Crippen LogP) is 6.43. The molecule has 4 aromatic carbocycles. The number of rotatable bonds is 8. The molecule has 0 saturated carbocycles. The van der Waals surface area contributed by atoms with Crippen molar-refractivity contribution in [3.63, 3.8) is 0 Å². The molecule has 8 heteroatoms. The zero-order valence-corrected chi connectivity index (χ0v) is 20.3. The first kappa shape index (κ1) is 23.6. The van der Waals surface area contributed by atoms with E-state index in [1.165, 1.54) is 23.9 Å². The minimum atomic E-state index is -0.469. The molecule has 0 fully saturated rings. The Bertz CT molecular complexity index is 1490. The maximum atomic E-state index is 13.3. The molecule has 0 radical (unpaired) electrons. The SMILES string of the molecule is CC(Oc1ccc(F)cc1)c1nnc(SCC(=O)Nc2ccc3ccccc3c2)n1-c1ccccc1. The lowest BCUT2D eigenvalue weighted by Crippen LogP contribution is -2.15. The summed E-state index contributed by atoms with van der Waals surface area (Å²) in [6, 6.07) is 29.3. The van der Waals surface area contributed by atoms with Gasteiger partial charge in [0.05, 0.1) is 5.75 Å². The van der Waals surface area contributed by atoms with Crippen molar-refractivity contribution in [1.82, 2.24) is 14.8 Å². The summed E-state index contributed by atoms with van der Waals surface area (Å²) in [6.07, 6.45) is -0.469. The standard InChI is InChI=1S/C28H23FN4O2S/c1-19(35-25-15-12-22(29)13-16-25)27-31-32-28(33(27)24-9-3-2-4-10-24)36-18-26(34)30-23-14-11-20-7-5-6-8-21(20)17-23/h2-17,19H,18H2,1H3,(H,30,34). The molecule has 0 aliphatic rings. The third kappa shape index (κ3) is 5.39. The second-order valence-electron chi connectivity index (χ2n) is 8.12. The second kappa shape index (κ2) is 10.6. The number of carbonyl (C=O) groups excluding carboxylic acids is 1. The second-order valence-corrected chi connectivity index (χ2v) is 9.07. The fourth-order valence-electron chi connectivity index (χ4n) is 3.82. The predicted molar refractivity (Wildman–Crippen MR) is 140 cm³/mol. The zero-order chi connectivity index (χ0) is 24.9. The van der Waals surface area contributed by atoms with Crippen LogP contribution >= 0.6 is 11.8 Å². The Balaban J connectivity index is 1.33. The van der Waals surface area contributed by atoms with Crippen molar-refractivity contribution < 1.29 is 13.9 Å². The molecule has 0 aliphatic heterocycles. The van der Waals surface area contributed by atoms with Crippen molar-refractivity contribution in [2.45, 2.75) is 18.2 Å². The number of carbonyl (C=O) groups is 1. The van der Waals surface area contributed by atoms with Gasteiger partial charge in [0.2, 0.25) is 5.91 Å². The largest absolute Gasteiger partial charge is 0.483 e. The number of aromatic nitrogens is 3. The van der Waals surface area contributed by atoms with Gasteiger partial charge in [-0.05, 0) is 66.2 Å². The number of thioether (sulfide) groups is 1. The molecule has 180 valence electrons. The number of hydrogen-bond donors (Lipinski definition) is 1.